The van der Waals surface area contributed by atoms with Crippen molar-refractivity contribution in [2.24, 2.45) is 5.92 Å². The molecule has 0 aliphatic carbocycles. The number of anilines is 1. The number of urea groups is 1. The SMILES string of the molecule is Cc1ccc(C)c(NC(=O)N2CCC(C(=O)O)C2C)c1. The first kappa shape index (κ1) is 14.4. The zero-order valence-corrected chi connectivity index (χ0v) is 12.0. The summed E-state index contributed by atoms with van der Waals surface area (Å²) in [5.74, 6) is -1.31. The van der Waals surface area contributed by atoms with Gasteiger partial charge < -0.3 is 15.3 Å². The number of carboxylic acid groups (broad SMARTS) is 1. The van der Waals surface area contributed by atoms with Crippen molar-refractivity contribution >= 4 is 17.7 Å². The van der Waals surface area contributed by atoms with E-state index in [1.165, 1.54) is 0 Å². The second-order valence-corrected chi connectivity index (χ2v) is 5.42. The molecule has 2 unspecified atom stereocenters. The van der Waals surface area contributed by atoms with E-state index in [1.54, 1.807) is 11.8 Å². The number of nitrogens with one attached hydrogen (secondary N) is 1. The topological polar surface area (TPSA) is 69.6 Å². The van der Waals surface area contributed by atoms with Crippen LogP contribution in [-0.4, -0.2) is 34.6 Å². The molecule has 1 saturated heterocycles. The van der Waals surface area contributed by atoms with Crippen molar-refractivity contribution in [3.05, 3.63) is 29.3 Å². The molecule has 5 nitrogen and oxygen atoms in total. The van der Waals surface area contributed by atoms with Crippen LogP contribution in [0.3, 0.4) is 0 Å². The lowest BCUT2D eigenvalue weighted by Gasteiger charge is -2.24. The Balaban J connectivity index is 2.09. The third kappa shape index (κ3) is 2.76. The van der Waals surface area contributed by atoms with Gasteiger partial charge in [0, 0.05) is 18.3 Å². The van der Waals surface area contributed by atoms with E-state index in [0.717, 1.165) is 16.8 Å². The minimum atomic E-state index is -0.834. The summed E-state index contributed by atoms with van der Waals surface area (Å²) in [5, 5.41) is 12.0. The fraction of sp³-hybridized carbons (Fsp3) is 0.467. The highest BCUT2D eigenvalue weighted by Gasteiger charge is 2.38. The summed E-state index contributed by atoms with van der Waals surface area (Å²) in [5.41, 5.74) is 2.84. The maximum Gasteiger partial charge on any atom is 0.322 e. The summed E-state index contributed by atoms with van der Waals surface area (Å²) >= 11 is 0. The Hall–Kier alpha value is -2.04. The summed E-state index contributed by atoms with van der Waals surface area (Å²) in [6.45, 7) is 6.17. The fourth-order valence-electron chi connectivity index (χ4n) is 2.61. The van der Waals surface area contributed by atoms with Crippen molar-refractivity contribution in [3.8, 4) is 0 Å². The molecular formula is C15H20N2O3. The van der Waals surface area contributed by atoms with Gasteiger partial charge in [0.1, 0.15) is 0 Å². The zero-order chi connectivity index (χ0) is 14.9. The van der Waals surface area contributed by atoms with Crippen LogP contribution in [0.5, 0.6) is 0 Å². The Morgan fingerprint density at radius 2 is 2.05 bits per heavy atom. The Labute approximate surface area is 118 Å². The van der Waals surface area contributed by atoms with Gasteiger partial charge in [0.25, 0.3) is 0 Å². The first-order valence-corrected chi connectivity index (χ1v) is 6.78. The monoisotopic (exact) mass is 276 g/mol. The van der Waals surface area contributed by atoms with Crippen molar-refractivity contribution in [2.75, 3.05) is 11.9 Å². The molecule has 2 N–H and O–H groups in total. The van der Waals surface area contributed by atoms with Crippen LogP contribution in [0.1, 0.15) is 24.5 Å². The minimum Gasteiger partial charge on any atom is -0.481 e. The van der Waals surface area contributed by atoms with Gasteiger partial charge in [0.15, 0.2) is 0 Å². The van der Waals surface area contributed by atoms with Crippen molar-refractivity contribution < 1.29 is 14.7 Å². The van der Waals surface area contributed by atoms with Gasteiger partial charge in [-0.1, -0.05) is 12.1 Å². The molecule has 1 aromatic carbocycles. The number of carboxylic acids is 1. The molecule has 1 aliphatic heterocycles. The van der Waals surface area contributed by atoms with Gasteiger partial charge in [0.2, 0.25) is 0 Å². The molecule has 2 rings (SSSR count). The average Bonchev–Trinajstić information content (AvgIpc) is 2.76. The molecule has 5 heteroatoms. The number of benzene rings is 1. The van der Waals surface area contributed by atoms with Crippen molar-refractivity contribution in [2.45, 2.75) is 33.2 Å². The molecule has 1 heterocycles. The van der Waals surface area contributed by atoms with Crippen molar-refractivity contribution in [3.63, 3.8) is 0 Å². The molecular weight excluding hydrogens is 256 g/mol. The number of hydrogen-bond donors (Lipinski definition) is 2. The first-order valence-electron chi connectivity index (χ1n) is 6.78. The van der Waals surface area contributed by atoms with Crippen LogP contribution in [0.2, 0.25) is 0 Å². The fourth-order valence-corrected chi connectivity index (χ4v) is 2.61. The average molecular weight is 276 g/mol. The number of carbonyl (C=O) groups is 2. The molecule has 1 fully saturated rings. The van der Waals surface area contributed by atoms with Crippen LogP contribution in [-0.2, 0) is 4.79 Å². The number of amides is 2. The van der Waals surface area contributed by atoms with Crippen molar-refractivity contribution in [1.29, 1.82) is 0 Å². The lowest BCUT2D eigenvalue weighted by Crippen LogP contribution is -2.40. The number of carbonyl (C=O) groups excluding carboxylic acids is 1. The van der Waals surface area contributed by atoms with Gasteiger partial charge in [-0.15, -0.1) is 0 Å². The van der Waals surface area contributed by atoms with Crippen LogP contribution < -0.4 is 5.32 Å². The Bertz CT molecular complexity index is 542. The molecule has 2 atom stereocenters. The number of likely N-dealkylation sites (tertiary alicyclic amines) is 1. The van der Waals surface area contributed by atoms with Crippen LogP contribution in [0.25, 0.3) is 0 Å². The van der Waals surface area contributed by atoms with E-state index in [1.807, 2.05) is 32.0 Å². The first-order chi connectivity index (χ1) is 9.40. The molecule has 20 heavy (non-hydrogen) atoms. The number of aliphatic carboxylic acids is 1. The van der Waals surface area contributed by atoms with Crippen molar-refractivity contribution in [1.82, 2.24) is 4.90 Å². The molecule has 0 radical (unpaired) electrons. The minimum absolute atomic E-state index is 0.227. The molecule has 1 aliphatic rings. The maximum absolute atomic E-state index is 12.3. The quantitative estimate of drug-likeness (QED) is 0.872. The Morgan fingerprint density at radius 1 is 1.35 bits per heavy atom. The second-order valence-electron chi connectivity index (χ2n) is 5.42. The highest BCUT2D eigenvalue weighted by Crippen LogP contribution is 2.25. The summed E-state index contributed by atoms with van der Waals surface area (Å²) in [7, 11) is 0. The molecule has 1 aromatic rings. The van der Waals surface area contributed by atoms with Gasteiger partial charge in [-0.2, -0.15) is 0 Å². The Kier molecular flexibility index (Phi) is 3.97. The van der Waals surface area contributed by atoms with Crippen LogP contribution in [0.4, 0.5) is 10.5 Å². The van der Waals surface area contributed by atoms with E-state index in [2.05, 4.69) is 5.32 Å². The maximum atomic E-state index is 12.3. The van der Waals surface area contributed by atoms with E-state index in [0.29, 0.717) is 13.0 Å². The van der Waals surface area contributed by atoms with Gasteiger partial charge >= 0.3 is 12.0 Å². The van der Waals surface area contributed by atoms with E-state index >= 15 is 0 Å². The molecule has 0 spiro atoms. The summed E-state index contributed by atoms with van der Waals surface area (Å²) in [6.07, 6.45) is 0.511. The number of aryl methyl sites for hydroxylation is 2. The third-order valence-electron chi connectivity index (χ3n) is 3.97. The lowest BCUT2D eigenvalue weighted by molar-refractivity contribution is -0.142. The van der Waals surface area contributed by atoms with E-state index in [4.69, 9.17) is 5.11 Å². The van der Waals surface area contributed by atoms with E-state index in [9.17, 15) is 9.59 Å². The standard InChI is InChI=1S/C15H20N2O3/c1-9-4-5-10(2)13(8-9)16-15(20)17-7-6-12(11(17)3)14(18)19/h4-5,8,11-12H,6-7H2,1-3H3,(H,16,20)(H,18,19). The summed E-state index contributed by atoms with van der Waals surface area (Å²) in [4.78, 5) is 25.0. The number of hydrogen-bond acceptors (Lipinski definition) is 2. The highest BCUT2D eigenvalue weighted by atomic mass is 16.4. The van der Waals surface area contributed by atoms with E-state index < -0.39 is 11.9 Å². The molecule has 2 amide bonds. The van der Waals surface area contributed by atoms with Crippen LogP contribution in [0, 0.1) is 19.8 Å². The van der Waals surface area contributed by atoms with Gasteiger partial charge in [0.05, 0.1) is 5.92 Å². The Morgan fingerprint density at radius 3 is 2.65 bits per heavy atom. The number of nitrogens with zero attached hydrogens (tertiary/aromatic N) is 1. The van der Waals surface area contributed by atoms with Gasteiger partial charge in [-0.05, 0) is 44.4 Å². The normalized spacial score (nSPS) is 21.9. The third-order valence-corrected chi connectivity index (χ3v) is 3.97. The predicted octanol–water partition coefficient (Wildman–Crippen LogP) is 2.63. The van der Waals surface area contributed by atoms with Crippen LogP contribution in [0.15, 0.2) is 18.2 Å². The molecule has 0 saturated carbocycles. The van der Waals surface area contributed by atoms with Gasteiger partial charge in [-0.25, -0.2) is 4.79 Å². The predicted molar refractivity (Wildman–Crippen MR) is 76.8 cm³/mol. The molecule has 0 bridgehead atoms. The lowest BCUT2D eigenvalue weighted by atomic mass is 10.0. The zero-order valence-electron chi connectivity index (χ0n) is 12.0. The van der Waals surface area contributed by atoms with E-state index in [-0.39, 0.29) is 12.1 Å². The molecule has 108 valence electrons. The number of rotatable bonds is 2. The van der Waals surface area contributed by atoms with Gasteiger partial charge in [-0.3, -0.25) is 4.79 Å². The second kappa shape index (κ2) is 5.53. The summed E-state index contributed by atoms with van der Waals surface area (Å²) < 4.78 is 0. The summed E-state index contributed by atoms with van der Waals surface area (Å²) in [6, 6.07) is 5.36. The molecule has 0 aromatic heterocycles. The highest BCUT2D eigenvalue weighted by molar-refractivity contribution is 5.91. The smallest absolute Gasteiger partial charge is 0.322 e. The largest absolute Gasteiger partial charge is 0.481 e. The van der Waals surface area contributed by atoms with Crippen LogP contribution >= 0.6 is 0 Å².